The monoisotopic (exact) mass is 443 g/mol. The van der Waals surface area contributed by atoms with E-state index < -0.39 is 11.8 Å². The lowest BCUT2D eigenvalue weighted by Crippen LogP contribution is -2.35. The lowest BCUT2D eigenvalue weighted by atomic mass is 9.90. The Labute approximate surface area is 187 Å². The fourth-order valence-corrected chi connectivity index (χ4v) is 4.71. The molecule has 1 aliphatic heterocycles. The molecule has 8 heteroatoms. The van der Waals surface area contributed by atoms with Crippen molar-refractivity contribution in [2.24, 2.45) is 17.8 Å². The smallest absolute Gasteiger partial charge is 0.307 e. The summed E-state index contributed by atoms with van der Waals surface area (Å²) >= 11 is 0. The molecule has 1 saturated carbocycles. The molecule has 172 valence electrons. The molecule has 0 bridgehead atoms. The second kappa shape index (κ2) is 10.3. The van der Waals surface area contributed by atoms with E-state index in [9.17, 15) is 9.18 Å². The third-order valence-corrected chi connectivity index (χ3v) is 6.53. The number of carboxylic acid groups (broad SMARTS) is 1. The number of hydrogen-bond donors (Lipinski definition) is 1. The number of aromatic nitrogens is 2. The molecule has 2 heterocycles. The van der Waals surface area contributed by atoms with Crippen LogP contribution in [-0.2, 0) is 22.6 Å². The summed E-state index contributed by atoms with van der Waals surface area (Å²) in [4.78, 5) is 22.0. The normalized spacial score (nSPS) is 20.9. The van der Waals surface area contributed by atoms with E-state index in [0.717, 1.165) is 55.7 Å². The average Bonchev–Trinajstić information content (AvgIpc) is 3.56. The highest BCUT2D eigenvalue weighted by Gasteiger charge is 2.43. The highest BCUT2D eigenvalue weighted by atomic mass is 19.1. The van der Waals surface area contributed by atoms with Gasteiger partial charge in [0.1, 0.15) is 11.6 Å². The van der Waals surface area contributed by atoms with Crippen molar-refractivity contribution in [2.75, 3.05) is 31.7 Å². The lowest BCUT2D eigenvalue weighted by molar-refractivity contribution is -0.136. The van der Waals surface area contributed by atoms with Crippen molar-refractivity contribution in [3.63, 3.8) is 0 Å². The number of rotatable bonds is 10. The van der Waals surface area contributed by atoms with Gasteiger partial charge >= 0.3 is 5.97 Å². The summed E-state index contributed by atoms with van der Waals surface area (Å²) in [6.07, 6.45) is 7.86. The number of ether oxygens (including phenoxy) is 2. The number of anilines is 1. The van der Waals surface area contributed by atoms with Crippen LogP contribution in [0.2, 0.25) is 0 Å². The van der Waals surface area contributed by atoms with Crippen molar-refractivity contribution in [1.29, 1.82) is 0 Å². The Bertz CT molecular complexity index is 916. The number of hydrogen-bond acceptors (Lipinski definition) is 6. The largest absolute Gasteiger partial charge is 0.493 e. The van der Waals surface area contributed by atoms with E-state index in [4.69, 9.17) is 14.6 Å². The van der Waals surface area contributed by atoms with Crippen LogP contribution in [0.15, 0.2) is 30.6 Å². The van der Waals surface area contributed by atoms with Crippen molar-refractivity contribution in [2.45, 2.75) is 38.7 Å². The first-order valence-electron chi connectivity index (χ1n) is 11.2. The Hall–Kier alpha value is -2.74. The van der Waals surface area contributed by atoms with E-state index in [0.29, 0.717) is 24.9 Å². The van der Waals surface area contributed by atoms with Gasteiger partial charge in [-0.15, -0.1) is 0 Å². The van der Waals surface area contributed by atoms with Gasteiger partial charge in [0.05, 0.1) is 19.6 Å². The molecule has 2 atom stereocenters. The molecule has 4 rings (SSSR count). The Morgan fingerprint density at radius 1 is 1.25 bits per heavy atom. The zero-order valence-corrected chi connectivity index (χ0v) is 18.4. The number of carbonyl (C=O) groups is 1. The minimum Gasteiger partial charge on any atom is -0.493 e. The standard InChI is InChI=1S/C24H30FN3O4/c1-31-15-16-13-26-24(27-14-16)28-7-4-17(5-8-28)21-10-18(21)6-9-32-20-3-2-19(11-23(29)30)22(25)12-20/h2-3,12-14,17-18,21H,4-11,15H2,1H3,(H,29,30). The van der Waals surface area contributed by atoms with Crippen LogP contribution in [0.1, 0.15) is 36.8 Å². The first kappa shape index (κ1) is 22.5. The maximum atomic E-state index is 14.0. The second-order valence-electron chi connectivity index (χ2n) is 8.77. The summed E-state index contributed by atoms with van der Waals surface area (Å²) in [7, 11) is 1.66. The SMILES string of the molecule is COCc1cnc(N2CCC(C3CC3CCOc3ccc(CC(=O)O)c(F)c3)CC2)nc1. The fraction of sp³-hybridized carbons (Fsp3) is 0.542. The first-order valence-corrected chi connectivity index (χ1v) is 11.2. The van der Waals surface area contributed by atoms with Crippen molar-refractivity contribution in [1.82, 2.24) is 9.97 Å². The van der Waals surface area contributed by atoms with Gasteiger partial charge in [0, 0.05) is 44.2 Å². The summed E-state index contributed by atoms with van der Waals surface area (Å²) in [5.41, 5.74) is 1.16. The summed E-state index contributed by atoms with van der Waals surface area (Å²) in [6, 6.07) is 4.41. The number of benzene rings is 1. The number of nitrogens with zero attached hydrogens (tertiary/aromatic N) is 3. The van der Waals surface area contributed by atoms with Crippen LogP contribution in [0.4, 0.5) is 10.3 Å². The Morgan fingerprint density at radius 2 is 2.00 bits per heavy atom. The summed E-state index contributed by atoms with van der Waals surface area (Å²) in [5, 5.41) is 8.79. The molecule has 2 fully saturated rings. The van der Waals surface area contributed by atoms with Crippen LogP contribution in [0.5, 0.6) is 5.75 Å². The Balaban J connectivity index is 1.17. The molecule has 0 spiro atoms. The van der Waals surface area contributed by atoms with Gasteiger partial charge < -0.3 is 19.5 Å². The Morgan fingerprint density at radius 3 is 2.66 bits per heavy atom. The van der Waals surface area contributed by atoms with Gasteiger partial charge in [-0.1, -0.05) is 6.07 Å². The molecular formula is C24H30FN3O4. The number of methoxy groups -OCH3 is 1. The molecule has 2 unspecified atom stereocenters. The van der Waals surface area contributed by atoms with Crippen LogP contribution < -0.4 is 9.64 Å². The van der Waals surface area contributed by atoms with Gasteiger partial charge in [-0.25, -0.2) is 14.4 Å². The molecule has 7 nitrogen and oxygen atoms in total. The van der Waals surface area contributed by atoms with E-state index >= 15 is 0 Å². The van der Waals surface area contributed by atoms with Crippen LogP contribution in [0.25, 0.3) is 0 Å². The van der Waals surface area contributed by atoms with Gasteiger partial charge in [0.15, 0.2) is 0 Å². The van der Waals surface area contributed by atoms with Crippen molar-refractivity contribution in [3.8, 4) is 5.75 Å². The fourth-order valence-electron chi connectivity index (χ4n) is 4.71. The van der Waals surface area contributed by atoms with Crippen LogP contribution >= 0.6 is 0 Å². The summed E-state index contributed by atoms with van der Waals surface area (Å²) < 4.78 is 24.8. The van der Waals surface area contributed by atoms with Crippen LogP contribution in [0, 0.1) is 23.6 Å². The molecule has 1 aromatic carbocycles. The number of piperidine rings is 1. The van der Waals surface area contributed by atoms with E-state index in [1.165, 1.54) is 18.6 Å². The molecule has 1 aliphatic carbocycles. The summed E-state index contributed by atoms with van der Waals surface area (Å²) in [6.45, 7) is 3.05. The Kier molecular flexibility index (Phi) is 7.19. The highest BCUT2D eigenvalue weighted by Crippen LogP contribution is 2.49. The maximum absolute atomic E-state index is 14.0. The molecule has 2 aliphatic rings. The quantitative estimate of drug-likeness (QED) is 0.599. The molecule has 2 aromatic rings. The third kappa shape index (κ3) is 5.73. The second-order valence-corrected chi connectivity index (χ2v) is 8.77. The van der Waals surface area contributed by atoms with Gasteiger partial charge in [0.25, 0.3) is 0 Å². The lowest BCUT2D eigenvalue weighted by Gasteiger charge is -2.32. The van der Waals surface area contributed by atoms with E-state index in [-0.39, 0.29) is 12.0 Å². The predicted octanol–water partition coefficient (Wildman–Crippen LogP) is 3.71. The van der Waals surface area contributed by atoms with Crippen LogP contribution in [-0.4, -0.2) is 47.8 Å². The van der Waals surface area contributed by atoms with Crippen molar-refractivity contribution >= 4 is 11.9 Å². The highest BCUT2D eigenvalue weighted by molar-refractivity contribution is 5.70. The van der Waals surface area contributed by atoms with Crippen molar-refractivity contribution in [3.05, 3.63) is 47.5 Å². The summed E-state index contributed by atoms with van der Waals surface area (Å²) in [5.74, 6) is 1.84. The van der Waals surface area contributed by atoms with Gasteiger partial charge in [-0.2, -0.15) is 0 Å². The zero-order chi connectivity index (χ0) is 22.5. The topological polar surface area (TPSA) is 84.8 Å². The molecule has 0 radical (unpaired) electrons. The van der Waals surface area contributed by atoms with E-state index in [1.807, 2.05) is 12.4 Å². The average molecular weight is 444 g/mol. The maximum Gasteiger partial charge on any atom is 0.307 e. The molecule has 1 N–H and O–H groups in total. The minimum absolute atomic E-state index is 0.176. The number of aliphatic carboxylic acids is 1. The molecule has 0 amide bonds. The first-order chi connectivity index (χ1) is 15.5. The van der Waals surface area contributed by atoms with Crippen LogP contribution in [0.3, 0.4) is 0 Å². The van der Waals surface area contributed by atoms with E-state index in [2.05, 4.69) is 14.9 Å². The zero-order valence-electron chi connectivity index (χ0n) is 18.4. The number of carboxylic acids is 1. The van der Waals surface area contributed by atoms with Gasteiger partial charge in [-0.3, -0.25) is 4.79 Å². The predicted molar refractivity (Wildman–Crippen MR) is 117 cm³/mol. The third-order valence-electron chi connectivity index (χ3n) is 6.53. The minimum atomic E-state index is -1.05. The number of halogens is 1. The molecule has 32 heavy (non-hydrogen) atoms. The van der Waals surface area contributed by atoms with Gasteiger partial charge in [0.2, 0.25) is 5.95 Å². The van der Waals surface area contributed by atoms with Crippen molar-refractivity contribution < 1.29 is 23.8 Å². The molecule has 1 aromatic heterocycles. The van der Waals surface area contributed by atoms with Gasteiger partial charge in [-0.05, 0) is 55.1 Å². The molecular weight excluding hydrogens is 413 g/mol. The van der Waals surface area contributed by atoms with E-state index in [1.54, 1.807) is 13.2 Å². The molecule has 1 saturated heterocycles.